The number of piperidine rings is 3. The van der Waals surface area contributed by atoms with Crippen LogP contribution in [0.4, 0.5) is 51.4 Å². The number of amides is 2. The van der Waals surface area contributed by atoms with Gasteiger partial charge >= 0.3 is 103 Å². The Hall–Kier alpha value is -2.51. The van der Waals surface area contributed by atoms with E-state index >= 15 is 0 Å². The Bertz CT molecular complexity index is 3550. The van der Waals surface area contributed by atoms with Crippen LogP contribution in [0.25, 0.3) is 11.0 Å². The zero-order valence-electron chi connectivity index (χ0n) is 55.7. The third kappa shape index (κ3) is 29.5. The van der Waals surface area contributed by atoms with Crippen LogP contribution in [0.3, 0.4) is 0 Å². The predicted molar refractivity (Wildman–Crippen MR) is 390 cm³/mol. The molecule has 20 nitrogen and oxygen atoms in total. The minimum atomic E-state index is -0.614. The average Bonchev–Trinajstić information content (AvgIpc) is 1.59. The number of anilines is 7. The molecule has 0 spiro atoms. The van der Waals surface area contributed by atoms with Crippen molar-refractivity contribution in [1.82, 2.24) is 25.9 Å². The summed E-state index contributed by atoms with van der Waals surface area (Å²) in [7, 11) is 0. The fraction of sp³-hybridized carbons (Fsp3) is 0.453. The van der Waals surface area contributed by atoms with Crippen molar-refractivity contribution in [3.8, 4) is 0 Å². The molecule has 3 aliphatic rings. The fourth-order valence-corrected chi connectivity index (χ4v) is 11.1. The summed E-state index contributed by atoms with van der Waals surface area (Å²) in [5.74, 6) is 2.92. The van der Waals surface area contributed by atoms with Gasteiger partial charge in [-0.25, -0.2) is 4.98 Å². The van der Waals surface area contributed by atoms with E-state index in [0.29, 0.717) is 71.9 Å². The van der Waals surface area contributed by atoms with Gasteiger partial charge in [0.15, 0.2) is 0 Å². The molecule has 31 heteroatoms. The maximum Gasteiger partial charge on any atom is 1.00 e. The Balaban J connectivity index is 0.00000124. The molecule has 0 atom stereocenters. The summed E-state index contributed by atoms with van der Waals surface area (Å²) in [6, 6.07) is 16.9. The number of hydrogen-bond acceptors (Lipinski definition) is 17. The number of carbonyl (C=O) groups is 3. The summed E-state index contributed by atoms with van der Waals surface area (Å²) in [6.45, 7) is 25.0. The van der Waals surface area contributed by atoms with E-state index in [4.69, 9.17) is 125 Å². The van der Waals surface area contributed by atoms with Gasteiger partial charge in [-0.3, -0.25) is 24.5 Å². The molecule has 4 heterocycles. The number of thiocarbonyl (C=S) groups is 1. The first-order valence-corrected chi connectivity index (χ1v) is 32.8. The molecule has 3 saturated heterocycles. The van der Waals surface area contributed by atoms with E-state index in [0.717, 1.165) is 96.4 Å². The number of aromatic amines is 1. The zero-order valence-corrected chi connectivity index (χ0v) is 67.9. The molecule has 11 N–H and O–H groups in total. The molecular formula is C64H85Cl8K2N13O7S. The van der Waals surface area contributed by atoms with E-state index in [9.17, 15) is 19.7 Å². The molecule has 0 saturated carbocycles. The molecule has 2 amide bonds. The van der Waals surface area contributed by atoms with E-state index < -0.39 is 15.8 Å². The first kappa shape index (κ1) is 90.5. The molecule has 5 aromatic carbocycles. The van der Waals surface area contributed by atoms with Crippen LogP contribution < -0.4 is 156 Å². The van der Waals surface area contributed by atoms with E-state index in [1.54, 1.807) is 24.3 Å². The monoisotopic (exact) mass is 1540 g/mol. The molecule has 0 unspecified atom stereocenters. The topological polar surface area (TPSA) is 300 Å². The number of hydrogen-bond donors (Lipinski definition) is 8. The number of nitrogens with two attached hydrogens (primary N) is 3. The quantitative estimate of drug-likeness (QED) is 0.00874. The number of aromatic nitrogens is 2. The Kier molecular flexibility index (Phi) is 41.9. The van der Waals surface area contributed by atoms with Crippen molar-refractivity contribution in [2.75, 3.05) is 71.6 Å². The van der Waals surface area contributed by atoms with Gasteiger partial charge in [-0.2, -0.15) is 4.99 Å². The molecule has 0 aliphatic carbocycles. The van der Waals surface area contributed by atoms with Crippen molar-refractivity contribution < 1.29 is 134 Å². The smallest absolute Gasteiger partial charge is 1.00 e. The summed E-state index contributed by atoms with van der Waals surface area (Å²) in [5, 5.41) is 36.6. The Labute approximate surface area is 690 Å². The van der Waals surface area contributed by atoms with E-state index in [1.807, 2.05) is 65.8 Å². The number of nitrogens with zero attached hydrogens (tertiary/aromatic N) is 5. The average molecular weight is 1540 g/mol. The number of nitro groups is 1. The van der Waals surface area contributed by atoms with Crippen molar-refractivity contribution in [1.29, 1.82) is 0 Å². The molecule has 3 aliphatic heterocycles. The number of H-pyrrole nitrogens is 1. The normalized spacial score (nSPS) is 13.9. The number of halogens is 8. The summed E-state index contributed by atoms with van der Waals surface area (Å²) in [5.41, 5.74) is 22.9. The van der Waals surface area contributed by atoms with E-state index in [2.05, 4.69) is 84.1 Å². The molecule has 6 aromatic rings. The molecule has 0 radical (unpaired) electrons. The number of imidazole rings is 1. The SMILES string of the molecule is C.CC(C)(C)C(=O)NCc1ccc(Cl)c(N=C=S)c1Cl.CC1CCN(c2cc(N)c(N)cc2Cl)CC1.CC1CCN(c2cc3nc(Nc4c(Cl)ccc(CNC(=O)C(C)(C)C)c4Cl)[nH]c3cc2Cl)CC1.CC1CCNCC1.Nc1cc(Cl)c(Cl)cc1[N+](=O)[O-].O=CO[O-].[H-].[K+].[K+]. The summed E-state index contributed by atoms with van der Waals surface area (Å²) in [4.78, 5) is 61.4. The van der Waals surface area contributed by atoms with Crippen LogP contribution in [-0.2, 0) is 32.4 Å². The number of nitrogens with one attached hydrogen (secondary N) is 5. The van der Waals surface area contributed by atoms with Crippen LogP contribution in [0.15, 0.2) is 65.7 Å². The number of benzene rings is 5. The van der Waals surface area contributed by atoms with Crippen molar-refractivity contribution in [2.24, 2.45) is 33.6 Å². The summed E-state index contributed by atoms with van der Waals surface area (Å²) < 4.78 is 0. The van der Waals surface area contributed by atoms with Gasteiger partial charge in [-0.15, -0.1) is 0 Å². The molecule has 1 aromatic heterocycles. The van der Waals surface area contributed by atoms with Crippen LogP contribution in [0.5, 0.6) is 0 Å². The van der Waals surface area contributed by atoms with Gasteiger partial charge in [0.25, 0.3) is 12.2 Å². The molecule has 0 bridgehead atoms. The second-order valence-corrected chi connectivity index (χ2v) is 27.7. The maximum absolute atomic E-state index is 12.3. The van der Waals surface area contributed by atoms with Crippen LogP contribution in [0, 0.1) is 38.7 Å². The van der Waals surface area contributed by atoms with Crippen LogP contribution in [0.2, 0.25) is 40.2 Å². The molecular weight excluding hydrogens is 1460 g/mol. The van der Waals surface area contributed by atoms with Gasteiger partial charge in [0.1, 0.15) is 11.4 Å². The number of isothiocyanates is 1. The third-order valence-electron chi connectivity index (χ3n) is 14.8. The van der Waals surface area contributed by atoms with Crippen molar-refractivity contribution in [2.45, 2.75) is 121 Å². The fourth-order valence-electron chi connectivity index (χ4n) is 9.05. The Morgan fingerprint density at radius 2 is 1.13 bits per heavy atom. The van der Waals surface area contributed by atoms with Crippen LogP contribution in [-0.4, -0.2) is 77.6 Å². The van der Waals surface area contributed by atoms with Crippen molar-refractivity contribution in [3.63, 3.8) is 0 Å². The van der Waals surface area contributed by atoms with Crippen LogP contribution in [0.1, 0.15) is 121 Å². The minimum absolute atomic E-state index is 0. The van der Waals surface area contributed by atoms with Gasteiger partial charge in [-0.1, -0.05) is 175 Å². The van der Waals surface area contributed by atoms with Gasteiger partial charge in [0.2, 0.25) is 17.8 Å². The number of aliphatic imine (C=N–C) groups is 1. The standard InChI is InChI=1S/C25H30Cl3N5O.C13H14Cl2N2OS.C12H18ClN3.C6H4Cl2N2O2.C6H13N.CH2O3.CH4.2K.H/c1-14-7-9-33(10-8-14)20-12-19-18(11-17(20)27)30-24(31-19)32-22-16(26)6-5-15(21(22)28)13-29-23(34)25(2,3)4;1-13(2,3)12(18)16-6-8-4-5-9(14)11(10(8)15)17-7-19;1-8-2-4-16(5-3-8)12-7-11(15)10(14)6-9(12)13;7-3-1-5(9)6(10(11)12)2-4(3)8;1-6-2-4-7-5-3-6;2-1-4-3;;;;/h5-6,11-12,14H,7-10,13H2,1-4H3,(H,29,34)(H2,30,31,32);4-5H,6H2,1-3H3,(H,16,18);6-8H,2-5,14-15H2,1H3;1-2H,9H2;6-7H,2-5H2,1H3;1,3H;1H4;;;/q;;;;;;;2*+1;-1/p-1. The van der Waals surface area contributed by atoms with E-state index in [-0.39, 0.29) is 151 Å². The number of fused-ring (bicyclic) bond motifs is 1. The molecule has 9 rings (SSSR count). The number of nitrogen functional groups attached to an aromatic ring is 3. The zero-order chi connectivity index (χ0) is 68.8. The van der Waals surface area contributed by atoms with Gasteiger partial charge in [0.05, 0.1) is 89.7 Å². The van der Waals surface area contributed by atoms with Crippen molar-refractivity contribution >= 4 is 191 Å². The first-order valence-electron chi connectivity index (χ1n) is 29.4. The number of carbonyl (C=O) groups excluding carboxylic acids is 3. The number of nitro benzene ring substituents is 1. The van der Waals surface area contributed by atoms with Gasteiger partial charge in [-0.05, 0) is 135 Å². The second-order valence-electron chi connectivity index (χ2n) is 24.3. The molecule has 95 heavy (non-hydrogen) atoms. The van der Waals surface area contributed by atoms with E-state index in [1.165, 1.54) is 44.8 Å². The second kappa shape index (κ2) is 44.0. The van der Waals surface area contributed by atoms with Crippen LogP contribution >= 0.6 is 105 Å². The Morgan fingerprint density at radius 1 is 0.695 bits per heavy atom. The van der Waals surface area contributed by atoms with Gasteiger partial charge in [0, 0.05) is 56.2 Å². The van der Waals surface area contributed by atoms with Gasteiger partial charge < -0.3 is 64.8 Å². The molecule has 512 valence electrons. The summed E-state index contributed by atoms with van der Waals surface area (Å²) in [6.07, 6.45) is 7.48. The predicted octanol–water partition coefficient (Wildman–Crippen LogP) is 11.0. The minimum Gasteiger partial charge on any atom is -1.00 e. The molecule has 3 fully saturated rings. The summed E-state index contributed by atoms with van der Waals surface area (Å²) >= 11 is 53.7. The number of rotatable bonds is 11. The maximum atomic E-state index is 12.3. The largest absolute Gasteiger partial charge is 1.00 e. The van der Waals surface area contributed by atoms with Crippen molar-refractivity contribution in [3.05, 3.63) is 122 Å². The Morgan fingerprint density at radius 3 is 1.58 bits per heavy atom. The third-order valence-corrected chi connectivity index (χ3v) is 17.7. The first-order chi connectivity index (χ1) is 43.2.